The lowest BCUT2D eigenvalue weighted by molar-refractivity contribution is -0.131. The number of hydrogen-bond donors (Lipinski definition) is 0. The van der Waals surface area contributed by atoms with E-state index in [9.17, 15) is 9.59 Å². The molecule has 1 aliphatic carbocycles. The van der Waals surface area contributed by atoms with E-state index in [0.717, 1.165) is 18.5 Å². The maximum atomic E-state index is 12.6. The summed E-state index contributed by atoms with van der Waals surface area (Å²) in [4.78, 5) is 35.1. The van der Waals surface area contributed by atoms with Crippen LogP contribution >= 0.6 is 0 Å². The predicted molar refractivity (Wildman–Crippen MR) is 88.7 cm³/mol. The number of nitrogens with zero attached hydrogens (tertiary/aromatic N) is 4. The van der Waals surface area contributed by atoms with Gasteiger partial charge in [-0.25, -0.2) is 9.97 Å². The van der Waals surface area contributed by atoms with Crippen LogP contribution in [-0.2, 0) is 24.2 Å². The van der Waals surface area contributed by atoms with E-state index in [1.807, 2.05) is 4.90 Å². The highest BCUT2D eigenvalue weighted by atomic mass is 16.2. The van der Waals surface area contributed by atoms with Crippen molar-refractivity contribution >= 4 is 5.91 Å². The molecule has 0 radical (unpaired) electrons. The van der Waals surface area contributed by atoms with Crippen molar-refractivity contribution in [3.05, 3.63) is 58.0 Å². The van der Waals surface area contributed by atoms with Crippen LogP contribution in [0, 0.1) is 0 Å². The van der Waals surface area contributed by atoms with Crippen LogP contribution in [0.1, 0.15) is 35.7 Å². The minimum atomic E-state index is -0.147. The van der Waals surface area contributed by atoms with Gasteiger partial charge in [0.2, 0.25) is 5.91 Å². The molecule has 2 aliphatic rings. The molecule has 0 unspecified atom stereocenters. The summed E-state index contributed by atoms with van der Waals surface area (Å²) in [5.41, 5.74) is 3.37. The Balaban J connectivity index is 1.49. The molecule has 0 saturated heterocycles. The van der Waals surface area contributed by atoms with Crippen LogP contribution in [0.25, 0.3) is 0 Å². The van der Waals surface area contributed by atoms with Gasteiger partial charge in [-0.05, 0) is 30.9 Å². The largest absolute Gasteiger partial charge is 0.340 e. The molecule has 124 valence electrons. The standard InChI is InChI=1S/C18H20N4O2/c23-16-3-1-2-8-22(16)11-17(24)21-9-6-14-15(7-10-21)19-12-20-18(14)13-4-5-13/h1-3,8,12-13H,4-7,9-11H2. The number of hydrogen-bond acceptors (Lipinski definition) is 4. The second-order valence-corrected chi connectivity index (χ2v) is 6.51. The van der Waals surface area contributed by atoms with Gasteiger partial charge in [-0.1, -0.05) is 6.07 Å². The number of carbonyl (C=O) groups excluding carboxylic acids is 1. The lowest BCUT2D eigenvalue weighted by Gasteiger charge is -2.20. The Bertz CT molecular complexity index is 826. The molecule has 6 heteroatoms. The summed E-state index contributed by atoms with van der Waals surface area (Å²) in [5, 5.41) is 0. The smallest absolute Gasteiger partial charge is 0.250 e. The van der Waals surface area contributed by atoms with Gasteiger partial charge < -0.3 is 9.47 Å². The van der Waals surface area contributed by atoms with E-state index in [-0.39, 0.29) is 18.0 Å². The van der Waals surface area contributed by atoms with Gasteiger partial charge in [0, 0.05) is 43.4 Å². The zero-order valence-corrected chi connectivity index (χ0v) is 13.5. The summed E-state index contributed by atoms with van der Waals surface area (Å²) in [7, 11) is 0. The Hall–Kier alpha value is -2.50. The molecule has 3 heterocycles. The topological polar surface area (TPSA) is 68.1 Å². The van der Waals surface area contributed by atoms with Crippen molar-refractivity contribution in [1.82, 2.24) is 19.4 Å². The van der Waals surface area contributed by atoms with Crippen molar-refractivity contribution in [2.45, 2.75) is 38.1 Å². The van der Waals surface area contributed by atoms with Crippen LogP contribution in [-0.4, -0.2) is 38.4 Å². The Morgan fingerprint density at radius 2 is 2.00 bits per heavy atom. The Morgan fingerprint density at radius 3 is 2.79 bits per heavy atom. The summed E-state index contributed by atoms with van der Waals surface area (Å²) < 4.78 is 1.45. The van der Waals surface area contributed by atoms with Crippen LogP contribution in [0.4, 0.5) is 0 Å². The van der Waals surface area contributed by atoms with Gasteiger partial charge in [0.15, 0.2) is 0 Å². The minimum absolute atomic E-state index is 0.0166. The third-order valence-corrected chi connectivity index (χ3v) is 4.84. The lowest BCUT2D eigenvalue weighted by atomic mass is 10.0. The quantitative estimate of drug-likeness (QED) is 0.849. The third-order valence-electron chi connectivity index (χ3n) is 4.84. The van der Waals surface area contributed by atoms with Gasteiger partial charge in [-0.15, -0.1) is 0 Å². The normalized spacial score (nSPS) is 17.2. The fourth-order valence-corrected chi connectivity index (χ4v) is 3.35. The summed E-state index contributed by atoms with van der Waals surface area (Å²) in [6, 6.07) is 4.93. The molecule has 1 fully saturated rings. The van der Waals surface area contributed by atoms with Gasteiger partial charge >= 0.3 is 0 Å². The molecule has 0 spiro atoms. The van der Waals surface area contributed by atoms with Crippen molar-refractivity contribution in [3.63, 3.8) is 0 Å². The first-order valence-electron chi connectivity index (χ1n) is 8.48. The molecule has 2 aromatic rings. The third kappa shape index (κ3) is 2.96. The first kappa shape index (κ1) is 15.1. The molecular weight excluding hydrogens is 304 g/mol. The zero-order valence-electron chi connectivity index (χ0n) is 13.5. The lowest BCUT2D eigenvalue weighted by Crippen LogP contribution is -2.37. The molecular formula is C18H20N4O2. The van der Waals surface area contributed by atoms with E-state index in [0.29, 0.717) is 19.0 Å². The molecule has 2 aromatic heterocycles. The highest BCUT2D eigenvalue weighted by molar-refractivity contribution is 5.76. The fourth-order valence-electron chi connectivity index (χ4n) is 3.35. The molecule has 1 aliphatic heterocycles. The summed E-state index contributed by atoms with van der Waals surface area (Å²) in [5.74, 6) is 0.573. The number of carbonyl (C=O) groups is 1. The molecule has 1 amide bonds. The van der Waals surface area contributed by atoms with Gasteiger partial charge in [-0.2, -0.15) is 0 Å². The molecule has 0 bridgehead atoms. The van der Waals surface area contributed by atoms with Gasteiger partial charge in [0.25, 0.3) is 5.56 Å². The second kappa shape index (κ2) is 6.19. The summed E-state index contributed by atoms with van der Waals surface area (Å²) in [6.07, 6.45) is 7.30. The van der Waals surface area contributed by atoms with Crippen LogP contribution < -0.4 is 5.56 Å². The van der Waals surface area contributed by atoms with E-state index in [1.165, 1.54) is 34.7 Å². The summed E-state index contributed by atoms with van der Waals surface area (Å²) in [6.45, 7) is 1.41. The van der Waals surface area contributed by atoms with Gasteiger partial charge in [0.1, 0.15) is 12.9 Å². The molecule has 4 rings (SSSR count). The van der Waals surface area contributed by atoms with Gasteiger partial charge in [-0.3, -0.25) is 9.59 Å². The van der Waals surface area contributed by atoms with Crippen molar-refractivity contribution in [2.75, 3.05) is 13.1 Å². The Morgan fingerprint density at radius 1 is 1.17 bits per heavy atom. The van der Waals surface area contributed by atoms with Crippen LogP contribution in [0.3, 0.4) is 0 Å². The average molecular weight is 324 g/mol. The molecule has 0 aromatic carbocycles. The van der Waals surface area contributed by atoms with Crippen LogP contribution in [0.15, 0.2) is 35.5 Å². The van der Waals surface area contributed by atoms with E-state index in [4.69, 9.17) is 0 Å². The van der Waals surface area contributed by atoms with Crippen molar-refractivity contribution < 1.29 is 4.79 Å². The Kier molecular flexibility index (Phi) is 3.88. The number of fused-ring (bicyclic) bond motifs is 1. The highest BCUT2D eigenvalue weighted by Crippen LogP contribution is 2.41. The minimum Gasteiger partial charge on any atom is -0.340 e. The maximum absolute atomic E-state index is 12.6. The monoisotopic (exact) mass is 324 g/mol. The van der Waals surface area contributed by atoms with Crippen molar-refractivity contribution in [1.29, 1.82) is 0 Å². The molecule has 0 atom stereocenters. The van der Waals surface area contributed by atoms with Gasteiger partial charge in [0.05, 0.1) is 5.69 Å². The first-order valence-corrected chi connectivity index (χ1v) is 8.48. The van der Waals surface area contributed by atoms with Crippen molar-refractivity contribution in [2.24, 2.45) is 0 Å². The number of aromatic nitrogens is 3. The van der Waals surface area contributed by atoms with E-state index in [2.05, 4.69) is 9.97 Å². The number of pyridine rings is 1. The second-order valence-electron chi connectivity index (χ2n) is 6.51. The average Bonchev–Trinajstić information content (AvgIpc) is 3.43. The molecule has 24 heavy (non-hydrogen) atoms. The van der Waals surface area contributed by atoms with E-state index >= 15 is 0 Å². The Labute approximate surface area is 140 Å². The SMILES string of the molecule is O=C(Cn1ccccc1=O)N1CCc2ncnc(C3CC3)c2CC1. The fraction of sp³-hybridized carbons (Fsp3) is 0.444. The number of amides is 1. The maximum Gasteiger partial charge on any atom is 0.250 e. The molecule has 1 saturated carbocycles. The number of rotatable bonds is 3. The first-order chi connectivity index (χ1) is 11.7. The predicted octanol–water partition coefficient (Wildman–Crippen LogP) is 1.14. The van der Waals surface area contributed by atoms with E-state index in [1.54, 1.807) is 24.7 Å². The molecule has 0 N–H and O–H groups in total. The van der Waals surface area contributed by atoms with Crippen molar-refractivity contribution in [3.8, 4) is 0 Å². The summed E-state index contributed by atoms with van der Waals surface area (Å²) >= 11 is 0. The highest BCUT2D eigenvalue weighted by Gasteiger charge is 2.30. The van der Waals surface area contributed by atoms with Crippen LogP contribution in [0.2, 0.25) is 0 Å². The van der Waals surface area contributed by atoms with E-state index < -0.39 is 0 Å². The molecule has 6 nitrogen and oxygen atoms in total. The zero-order chi connectivity index (χ0) is 16.5. The van der Waals surface area contributed by atoms with Crippen LogP contribution in [0.5, 0.6) is 0 Å².